The van der Waals surface area contributed by atoms with E-state index in [0.29, 0.717) is 5.82 Å². The number of rotatable bonds is 8. The second-order valence-electron chi connectivity index (χ2n) is 5.03. The average molecular weight is 266 g/mol. The Bertz CT molecular complexity index is 379. The maximum absolute atomic E-state index is 5.41. The minimum Gasteiger partial charge on any atom is -0.308 e. The standard InChI is InChI=1S/C13H26N6/c1-5-6-19(8-7-18(3)4)10-13-15-11(2)9-12(16-13)17-14/h9H,5-8,10,14H2,1-4H3,(H,15,16,17). The van der Waals surface area contributed by atoms with E-state index in [2.05, 4.69) is 46.2 Å². The highest BCUT2D eigenvalue weighted by Crippen LogP contribution is 2.07. The molecule has 1 aromatic heterocycles. The van der Waals surface area contributed by atoms with Crippen LogP contribution in [-0.2, 0) is 6.54 Å². The summed E-state index contributed by atoms with van der Waals surface area (Å²) in [5, 5.41) is 0. The molecule has 0 fully saturated rings. The van der Waals surface area contributed by atoms with Gasteiger partial charge in [-0.25, -0.2) is 15.8 Å². The molecule has 0 aliphatic rings. The summed E-state index contributed by atoms with van der Waals surface area (Å²) in [5.74, 6) is 6.91. The summed E-state index contributed by atoms with van der Waals surface area (Å²) in [6, 6.07) is 1.84. The number of aryl methyl sites for hydroxylation is 1. The number of hydrazine groups is 1. The van der Waals surface area contributed by atoms with Gasteiger partial charge in [-0.3, -0.25) is 4.90 Å². The van der Waals surface area contributed by atoms with Crippen molar-refractivity contribution in [2.45, 2.75) is 26.8 Å². The summed E-state index contributed by atoms with van der Waals surface area (Å²) < 4.78 is 0. The van der Waals surface area contributed by atoms with E-state index >= 15 is 0 Å². The first kappa shape index (κ1) is 15.8. The van der Waals surface area contributed by atoms with Gasteiger partial charge in [0, 0.05) is 24.8 Å². The Morgan fingerprint density at radius 3 is 2.53 bits per heavy atom. The number of likely N-dealkylation sites (N-methyl/N-ethyl adjacent to an activating group) is 1. The summed E-state index contributed by atoms with van der Waals surface area (Å²) in [6.45, 7) is 8.01. The van der Waals surface area contributed by atoms with Crippen LogP contribution in [0.25, 0.3) is 0 Å². The molecule has 0 spiro atoms. The highest BCUT2D eigenvalue weighted by Gasteiger charge is 2.09. The molecule has 1 heterocycles. The van der Waals surface area contributed by atoms with Crippen LogP contribution in [0.1, 0.15) is 24.9 Å². The quantitative estimate of drug-likeness (QED) is 0.537. The summed E-state index contributed by atoms with van der Waals surface area (Å²) in [5.41, 5.74) is 3.52. The Morgan fingerprint density at radius 2 is 1.95 bits per heavy atom. The van der Waals surface area contributed by atoms with Crippen LogP contribution < -0.4 is 11.3 Å². The smallest absolute Gasteiger partial charge is 0.145 e. The third kappa shape index (κ3) is 5.96. The van der Waals surface area contributed by atoms with E-state index in [9.17, 15) is 0 Å². The lowest BCUT2D eigenvalue weighted by atomic mass is 10.3. The predicted molar refractivity (Wildman–Crippen MR) is 78.7 cm³/mol. The molecule has 108 valence electrons. The highest BCUT2D eigenvalue weighted by molar-refractivity contribution is 5.33. The van der Waals surface area contributed by atoms with Gasteiger partial charge in [0.05, 0.1) is 6.54 Å². The van der Waals surface area contributed by atoms with Gasteiger partial charge in [-0.05, 0) is 34.0 Å². The molecule has 0 aromatic carbocycles. The molecule has 1 rings (SSSR count). The molecule has 0 radical (unpaired) electrons. The fourth-order valence-corrected chi connectivity index (χ4v) is 1.90. The minimum atomic E-state index is 0.673. The molecule has 3 N–H and O–H groups in total. The molecule has 0 bridgehead atoms. The first-order chi connectivity index (χ1) is 9.05. The van der Waals surface area contributed by atoms with Crippen molar-refractivity contribution in [1.82, 2.24) is 19.8 Å². The van der Waals surface area contributed by atoms with E-state index in [1.807, 2.05) is 13.0 Å². The van der Waals surface area contributed by atoms with Gasteiger partial charge in [0.2, 0.25) is 0 Å². The second-order valence-corrected chi connectivity index (χ2v) is 5.03. The lowest BCUT2D eigenvalue weighted by Crippen LogP contribution is -2.32. The number of nitrogen functional groups attached to an aromatic ring is 1. The van der Waals surface area contributed by atoms with E-state index in [4.69, 9.17) is 5.84 Å². The molecule has 0 aliphatic heterocycles. The van der Waals surface area contributed by atoms with Crippen molar-refractivity contribution in [3.05, 3.63) is 17.6 Å². The maximum atomic E-state index is 5.41. The molecule has 19 heavy (non-hydrogen) atoms. The van der Waals surface area contributed by atoms with Crippen LogP contribution >= 0.6 is 0 Å². The number of anilines is 1. The predicted octanol–water partition coefficient (Wildman–Crippen LogP) is 0.844. The zero-order chi connectivity index (χ0) is 14.3. The number of hydrogen-bond acceptors (Lipinski definition) is 6. The highest BCUT2D eigenvalue weighted by atomic mass is 15.3. The van der Waals surface area contributed by atoms with Crippen LogP contribution in [0.4, 0.5) is 5.82 Å². The molecule has 0 atom stereocenters. The van der Waals surface area contributed by atoms with Gasteiger partial charge in [-0.15, -0.1) is 0 Å². The summed E-state index contributed by atoms with van der Waals surface area (Å²) >= 11 is 0. The van der Waals surface area contributed by atoms with Gasteiger partial charge >= 0.3 is 0 Å². The van der Waals surface area contributed by atoms with Crippen LogP contribution in [0, 0.1) is 6.92 Å². The van der Waals surface area contributed by atoms with Gasteiger partial charge in [-0.1, -0.05) is 6.92 Å². The lowest BCUT2D eigenvalue weighted by Gasteiger charge is -2.23. The first-order valence-corrected chi connectivity index (χ1v) is 6.73. The van der Waals surface area contributed by atoms with Gasteiger partial charge < -0.3 is 10.3 Å². The van der Waals surface area contributed by atoms with Gasteiger partial charge in [-0.2, -0.15) is 0 Å². The Balaban J connectivity index is 2.69. The SMILES string of the molecule is CCCN(CCN(C)C)Cc1nc(C)cc(NN)n1. The minimum absolute atomic E-state index is 0.673. The topological polar surface area (TPSA) is 70.3 Å². The van der Waals surface area contributed by atoms with Crippen molar-refractivity contribution in [3.63, 3.8) is 0 Å². The van der Waals surface area contributed by atoms with Crippen molar-refractivity contribution in [2.75, 3.05) is 39.2 Å². The summed E-state index contributed by atoms with van der Waals surface area (Å²) in [6.07, 6.45) is 1.13. The Kier molecular flexibility index (Phi) is 6.69. The summed E-state index contributed by atoms with van der Waals surface area (Å²) in [4.78, 5) is 13.4. The summed E-state index contributed by atoms with van der Waals surface area (Å²) in [7, 11) is 4.17. The maximum Gasteiger partial charge on any atom is 0.145 e. The molecule has 0 aliphatic carbocycles. The van der Waals surface area contributed by atoms with Crippen molar-refractivity contribution in [3.8, 4) is 0 Å². The van der Waals surface area contributed by atoms with E-state index in [-0.39, 0.29) is 0 Å². The number of nitrogens with one attached hydrogen (secondary N) is 1. The van der Waals surface area contributed by atoms with Gasteiger partial charge in [0.25, 0.3) is 0 Å². The number of nitrogens with two attached hydrogens (primary N) is 1. The van der Waals surface area contributed by atoms with Crippen molar-refractivity contribution >= 4 is 5.82 Å². The molecule has 1 aromatic rings. The van der Waals surface area contributed by atoms with Crippen LogP contribution in [0.3, 0.4) is 0 Å². The molecule has 6 nitrogen and oxygen atoms in total. The zero-order valence-corrected chi connectivity index (χ0v) is 12.5. The number of aromatic nitrogens is 2. The third-order valence-corrected chi connectivity index (χ3v) is 2.82. The average Bonchev–Trinajstić information content (AvgIpc) is 2.35. The van der Waals surface area contributed by atoms with Crippen molar-refractivity contribution in [1.29, 1.82) is 0 Å². The molecule has 0 saturated carbocycles. The molecule has 0 saturated heterocycles. The number of hydrogen-bond donors (Lipinski definition) is 2. The van der Waals surface area contributed by atoms with Crippen LogP contribution in [-0.4, -0.2) is 53.5 Å². The lowest BCUT2D eigenvalue weighted by molar-refractivity contribution is 0.229. The molecular formula is C13H26N6. The Hall–Kier alpha value is -1.24. The van der Waals surface area contributed by atoms with Crippen LogP contribution in [0.5, 0.6) is 0 Å². The first-order valence-electron chi connectivity index (χ1n) is 6.73. The van der Waals surface area contributed by atoms with Crippen LogP contribution in [0.2, 0.25) is 0 Å². The second kappa shape index (κ2) is 8.04. The van der Waals surface area contributed by atoms with Crippen molar-refractivity contribution in [2.24, 2.45) is 5.84 Å². The zero-order valence-electron chi connectivity index (χ0n) is 12.5. The van der Waals surface area contributed by atoms with Gasteiger partial charge in [0.1, 0.15) is 11.6 Å². The van der Waals surface area contributed by atoms with Crippen LogP contribution in [0.15, 0.2) is 6.07 Å². The molecular weight excluding hydrogens is 240 g/mol. The Morgan fingerprint density at radius 1 is 1.21 bits per heavy atom. The van der Waals surface area contributed by atoms with E-state index < -0.39 is 0 Å². The number of nitrogens with zero attached hydrogens (tertiary/aromatic N) is 4. The third-order valence-electron chi connectivity index (χ3n) is 2.82. The van der Waals surface area contributed by atoms with E-state index in [0.717, 1.165) is 44.1 Å². The molecule has 0 unspecified atom stereocenters. The monoisotopic (exact) mass is 266 g/mol. The van der Waals surface area contributed by atoms with E-state index in [1.165, 1.54) is 0 Å². The Labute approximate surface area is 116 Å². The van der Waals surface area contributed by atoms with Crippen molar-refractivity contribution < 1.29 is 0 Å². The van der Waals surface area contributed by atoms with E-state index in [1.54, 1.807) is 0 Å². The largest absolute Gasteiger partial charge is 0.308 e. The molecule has 6 heteroatoms. The normalized spacial score (nSPS) is 11.3. The molecule has 0 amide bonds. The fourth-order valence-electron chi connectivity index (χ4n) is 1.90. The van der Waals surface area contributed by atoms with Gasteiger partial charge in [0.15, 0.2) is 0 Å². The fraction of sp³-hybridized carbons (Fsp3) is 0.692.